The van der Waals surface area contributed by atoms with Gasteiger partial charge in [0.05, 0.1) is 48.1 Å². The number of hydrazone groups is 1. The summed E-state index contributed by atoms with van der Waals surface area (Å²) in [6, 6.07) is 18.8. The number of aromatic nitrogens is 2. The Morgan fingerprint density at radius 3 is 2.19 bits per heavy atom. The van der Waals surface area contributed by atoms with Crippen molar-refractivity contribution >= 4 is 23.5 Å². The second-order valence-electron chi connectivity index (χ2n) is 8.15. The van der Waals surface area contributed by atoms with E-state index in [1.807, 2.05) is 48.5 Å². The summed E-state index contributed by atoms with van der Waals surface area (Å²) in [6.07, 6.45) is 4.35. The molecule has 10 heteroatoms. The van der Waals surface area contributed by atoms with Gasteiger partial charge in [-0.3, -0.25) is 24.7 Å². The number of aliphatic hydroxyl groups excluding tert-OH is 2. The van der Waals surface area contributed by atoms with Crippen molar-refractivity contribution in [2.75, 3.05) is 19.7 Å². The van der Waals surface area contributed by atoms with Crippen LogP contribution >= 0.6 is 0 Å². The zero-order valence-corrected chi connectivity index (χ0v) is 19.9. The maximum Gasteiger partial charge on any atom is 0.224 e. The van der Waals surface area contributed by atoms with Crippen molar-refractivity contribution in [3.05, 3.63) is 90.0 Å². The predicted molar refractivity (Wildman–Crippen MR) is 139 cm³/mol. The Kier molecular flexibility index (Phi) is 10.7. The predicted octanol–water partition coefficient (Wildman–Crippen LogP) is 1.21. The number of carbonyl (C=O) groups is 1. The third-order valence-electron chi connectivity index (χ3n) is 5.18. The lowest BCUT2D eigenvalue weighted by molar-refractivity contribution is -0.121. The molecule has 2 aromatic heterocycles. The van der Waals surface area contributed by atoms with E-state index in [1.165, 1.54) is 0 Å². The summed E-state index contributed by atoms with van der Waals surface area (Å²) in [5, 5.41) is 24.6. The number of carbonyl (C=O) groups excluding carboxylic acids is 1. The first-order valence-electron chi connectivity index (χ1n) is 11.5. The van der Waals surface area contributed by atoms with Gasteiger partial charge in [0.15, 0.2) is 0 Å². The zero-order valence-electron chi connectivity index (χ0n) is 19.9. The Hall–Kier alpha value is -3.99. The Morgan fingerprint density at radius 2 is 1.67 bits per heavy atom. The van der Waals surface area contributed by atoms with Crippen LogP contribution in [0.3, 0.4) is 0 Å². The molecule has 188 valence electrons. The largest absolute Gasteiger partial charge is 0.394 e. The number of benzene rings is 1. The van der Waals surface area contributed by atoms with Crippen molar-refractivity contribution in [3.8, 4) is 0 Å². The number of rotatable bonds is 13. The van der Waals surface area contributed by atoms with Gasteiger partial charge in [-0.1, -0.05) is 24.3 Å². The van der Waals surface area contributed by atoms with Crippen LogP contribution < -0.4 is 11.2 Å². The lowest BCUT2D eigenvalue weighted by atomic mass is 10.1. The number of amides is 1. The first-order valence-corrected chi connectivity index (χ1v) is 11.5. The molecule has 2 heterocycles. The molecule has 36 heavy (non-hydrogen) atoms. The summed E-state index contributed by atoms with van der Waals surface area (Å²) in [5.74, 6) is 5.43. The topological polar surface area (TPSA) is 149 Å². The molecule has 0 aliphatic heterocycles. The standard InChI is InChI=1S/C26H31N7O3/c27-32-24(14-30-21-9-7-20(8-10-21)13-26(36)31-15-25(35)19-34)18-33(16-22-5-1-3-11-28-22)17-23-6-2-4-12-29-23/h1-12,14,25,34-35H,13,15-19,27H2,(H,31,36)/t25-/m0/s1. The van der Waals surface area contributed by atoms with E-state index in [0.29, 0.717) is 31.0 Å². The van der Waals surface area contributed by atoms with Crippen LogP contribution in [-0.4, -0.2) is 68.7 Å². The first kappa shape index (κ1) is 26.6. The van der Waals surface area contributed by atoms with Gasteiger partial charge in [0.2, 0.25) is 5.91 Å². The fraction of sp³-hybridized carbons (Fsp3) is 0.269. The van der Waals surface area contributed by atoms with E-state index in [2.05, 4.69) is 30.3 Å². The minimum absolute atomic E-state index is 0.0105. The molecule has 1 amide bonds. The number of nitrogens with two attached hydrogens (primary N) is 1. The summed E-state index contributed by atoms with van der Waals surface area (Å²) in [4.78, 5) is 27.4. The van der Waals surface area contributed by atoms with Gasteiger partial charge >= 0.3 is 0 Å². The fourth-order valence-electron chi connectivity index (χ4n) is 3.35. The number of aliphatic imine (C=N–C) groups is 1. The van der Waals surface area contributed by atoms with Gasteiger partial charge in [-0.15, -0.1) is 0 Å². The third-order valence-corrected chi connectivity index (χ3v) is 5.18. The van der Waals surface area contributed by atoms with E-state index in [0.717, 1.165) is 17.0 Å². The van der Waals surface area contributed by atoms with E-state index >= 15 is 0 Å². The molecule has 1 atom stereocenters. The van der Waals surface area contributed by atoms with Gasteiger partial charge < -0.3 is 21.4 Å². The second kappa shape index (κ2) is 14.4. The minimum Gasteiger partial charge on any atom is -0.394 e. The van der Waals surface area contributed by atoms with Gasteiger partial charge in [0.25, 0.3) is 0 Å². The summed E-state index contributed by atoms with van der Waals surface area (Å²) < 4.78 is 0. The van der Waals surface area contributed by atoms with Crippen LogP contribution in [0.4, 0.5) is 5.69 Å². The summed E-state index contributed by atoms with van der Waals surface area (Å²) >= 11 is 0. The SMILES string of the molecule is NN=C(C=Nc1ccc(CC(=O)NC[C@H](O)CO)cc1)CN(Cc1ccccn1)Cc1ccccn1. The molecule has 0 bridgehead atoms. The highest BCUT2D eigenvalue weighted by atomic mass is 16.3. The average molecular weight is 490 g/mol. The molecule has 10 nitrogen and oxygen atoms in total. The second-order valence-corrected chi connectivity index (χ2v) is 8.15. The maximum atomic E-state index is 12.0. The van der Waals surface area contributed by atoms with Crippen LogP contribution in [0.1, 0.15) is 17.0 Å². The van der Waals surface area contributed by atoms with Crippen molar-refractivity contribution in [2.45, 2.75) is 25.6 Å². The van der Waals surface area contributed by atoms with Gasteiger partial charge in [0.1, 0.15) is 0 Å². The van der Waals surface area contributed by atoms with E-state index in [-0.39, 0.29) is 18.9 Å². The molecule has 0 fully saturated rings. The van der Waals surface area contributed by atoms with Crippen LogP contribution in [0.2, 0.25) is 0 Å². The fourth-order valence-corrected chi connectivity index (χ4v) is 3.35. The summed E-state index contributed by atoms with van der Waals surface area (Å²) in [5.41, 5.74) is 3.93. The maximum absolute atomic E-state index is 12.0. The third kappa shape index (κ3) is 9.34. The molecule has 3 aromatic rings. The van der Waals surface area contributed by atoms with E-state index in [4.69, 9.17) is 10.9 Å². The number of hydrogen-bond acceptors (Lipinski definition) is 9. The van der Waals surface area contributed by atoms with Gasteiger partial charge in [-0.25, -0.2) is 0 Å². The van der Waals surface area contributed by atoms with Crippen LogP contribution in [0, 0.1) is 0 Å². The zero-order chi connectivity index (χ0) is 25.6. The van der Waals surface area contributed by atoms with Gasteiger partial charge in [0, 0.05) is 38.6 Å². The monoisotopic (exact) mass is 489 g/mol. The lowest BCUT2D eigenvalue weighted by Crippen LogP contribution is -2.34. The van der Waals surface area contributed by atoms with Crippen LogP contribution in [0.25, 0.3) is 0 Å². The number of aliphatic hydroxyl groups is 2. The van der Waals surface area contributed by atoms with Crippen LogP contribution in [0.15, 0.2) is 83.2 Å². The lowest BCUT2D eigenvalue weighted by Gasteiger charge is -2.21. The molecule has 1 aromatic carbocycles. The number of pyridine rings is 2. The quantitative estimate of drug-likeness (QED) is 0.160. The molecule has 0 spiro atoms. The minimum atomic E-state index is -0.965. The highest BCUT2D eigenvalue weighted by Crippen LogP contribution is 2.13. The van der Waals surface area contributed by atoms with Crippen LogP contribution in [-0.2, 0) is 24.3 Å². The Balaban J connectivity index is 1.60. The Morgan fingerprint density at radius 1 is 1.03 bits per heavy atom. The molecule has 0 saturated heterocycles. The molecular weight excluding hydrogens is 458 g/mol. The molecular formula is C26H31N7O3. The highest BCUT2D eigenvalue weighted by Gasteiger charge is 2.12. The molecule has 0 aliphatic carbocycles. The van der Waals surface area contributed by atoms with Crippen molar-refractivity contribution in [1.29, 1.82) is 0 Å². The molecule has 0 radical (unpaired) electrons. The molecule has 5 N–H and O–H groups in total. The van der Waals surface area contributed by atoms with Crippen molar-refractivity contribution in [2.24, 2.45) is 15.9 Å². The van der Waals surface area contributed by atoms with Crippen LogP contribution in [0.5, 0.6) is 0 Å². The number of hydrogen-bond donors (Lipinski definition) is 4. The van der Waals surface area contributed by atoms with E-state index < -0.39 is 12.7 Å². The average Bonchev–Trinajstić information content (AvgIpc) is 2.91. The highest BCUT2D eigenvalue weighted by molar-refractivity contribution is 6.31. The van der Waals surface area contributed by atoms with E-state index in [9.17, 15) is 9.90 Å². The van der Waals surface area contributed by atoms with Crippen molar-refractivity contribution in [3.63, 3.8) is 0 Å². The summed E-state index contributed by atoms with van der Waals surface area (Å²) in [7, 11) is 0. The first-order chi connectivity index (χ1) is 17.6. The molecule has 0 saturated carbocycles. The van der Waals surface area contributed by atoms with Gasteiger partial charge in [-0.05, 0) is 42.0 Å². The number of nitrogens with zero attached hydrogens (tertiary/aromatic N) is 5. The Bertz CT molecular complexity index is 1080. The summed E-state index contributed by atoms with van der Waals surface area (Å²) in [6.45, 7) is 1.25. The number of nitrogens with one attached hydrogen (secondary N) is 1. The Labute approximate surface area is 210 Å². The van der Waals surface area contributed by atoms with Crippen molar-refractivity contribution < 1.29 is 15.0 Å². The molecule has 0 unspecified atom stereocenters. The smallest absolute Gasteiger partial charge is 0.224 e. The van der Waals surface area contributed by atoms with Gasteiger partial charge in [-0.2, -0.15) is 5.10 Å². The van der Waals surface area contributed by atoms with Crippen molar-refractivity contribution in [1.82, 2.24) is 20.2 Å². The van der Waals surface area contributed by atoms with E-state index in [1.54, 1.807) is 30.7 Å². The normalized spacial score (nSPS) is 12.7. The molecule has 3 rings (SSSR count). The molecule has 0 aliphatic rings.